The molecule has 0 atom stereocenters. The van der Waals surface area contributed by atoms with Crippen molar-refractivity contribution in [3.63, 3.8) is 0 Å². The van der Waals surface area contributed by atoms with Gasteiger partial charge in [-0.25, -0.2) is 15.0 Å². The van der Waals surface area contributed by atoms with Gasteiger partial charge in [0, 0.05) is 38.5 Å². The van der Waals surface area contributed by atoms with Crippen molar-refractivity contribution in [3.05, 3.63) is 218 Å². The third-order valence-corrected chi connectivity index (χ3v) is 11.9. The van der Waals surface area contributed by atoms with Gasteiger partial charge in [0.25, 0.3) is 0 Å². The molecule has 0 saturated carbocycles. The van der Waals surface area contributed by atoms with E-state index in [9.17, 15) is 0 Å². The molecule has 0 saturated heterocycles. The molecule has 12 aromatic rings. The van der Waals surface area contributed by atoms with E-state index < -0.39 is 0 Å². The Morgan fingerprint density at radius 1 is 0.306 bits per heavy atom. The molecular formula is C57H36N4O. The summed E-state index contributed by atoms with van der Waals surface area (Å²) in [4.78, 5) is 15.2. The Balaban J connectivity index is 0.963. The number of benzene rings is 9. The van der Waals surface area contributed by atoms with E-state index in [0.29, 0.717) is 17.5 Å². The van der Waals surface area contributed by atoms with Gasteiger partial charge in [-0.2, -0.15) is 0 Å². The largest absolute Gasteiger partial charge is 0.455 e. The second-order valence-electron chi connectivity index (χ2n) is 15.6. The molecule has 3 heterocycles. The van der Waals surface area contributed by atoms with Gasteiger partial charge < -0.3 is 8.98 Å². The summed E-state index contributed by atoms with van der Waals surface area (Å²) in [5.74, 6) is 1.81. The SMILES string of the molecule is c1ccc(-c2cccc(-c3ccc(-n4c5ccccc5c5c6oc7cc(-c8nc(-c9ccccc9)nc(-c9cccc(-c%10ccccc%10)c9)n8)ccc7c6ccc54)cc3)c2)cc1. The molecule has 0 amide bonds. The first-order valence-corrected chi connectivity index (χ1v) is 20.8. The average Bonchev–Trinajstić information content (AvgIpc) is 3.90. The van der Waals surface area contributed by atoms with E-state index in [1.807, 2.05) is 36.4 Å². The maximum absolute atomic E-state index is 6.92. The molecule has 5 nitrogen and oxygen atoms in total. The number of aromatic nitrogens is 4. The second-order valence-corrected chi connectivity index (χ2v) is 15.6. The Labute approximate surface area is 357 Å². The van der Waals surface area contributed by atoms with Gasteiger partial charge in [0.15, 0.2) is 17.5 Å². The lowest BCUT2D eigenvalue weighted by Gasteiger charge is -2.10. The number of rotatable bonds is 7. The van der Waals surface area contributed by atoms with Crippen LogP contribution < -0.4 is 0 Å². The number of hydrogen-bond donors (Lipinski definition) is 0. The lowest BCUT2D eigenvalue weighted by atomic mass is 9.99. The molecule has 3 aromatic heterocycles. The lowest BCUT2D eigenvalue weighted by Crippen LogP contribution is -2.00. The summed E-state index contributed by atoms with van der Waals surface area (Å²) in [6.45, 7) is 0. The molecule has 0 bridgehead atoms. The van der Waals surface area contributed by atoms with Crippen molar-refractivity contribution in [3.8, 4) is 73.2 Å². The highest BCUT2D eigenvalue weighted by molar-refractivity contribution is 6.24. The third-order valence-electron chi connectivity index (χ3n) is 11.9. The molecule has 0 aliphatic heterocycles. The molecule has 9 aromatic carbocycles. The van der Waals surface area contributed by atoms with Crippen LogP contribution in [0.3, 0.4) is 0 Å². The van der Waals surface area contributed by atoms with Crippen LogP contribution in [0.15, 0.2) is 223 Å². The number of nitrogens with zero attached hydrogens (tertiary/aromatic N) is 4. The summed E-state index contributed by atoms with van der Waals surface area (Å²) < 4.78 is 9.26. The molecule has 0 aliphatic carbocycles. The number of hydrogen-bond acceptors (Lipinski definition) is 4. The van der Waals surface area contributed by atoms with Crippen LogP contribution in [0.5, 0.6) is 0 Å². The van der Waals surface area contributed by atoms with Crippen LogP contribution in [0.25, 0.3) is 117 Å². The standard InChI is InChI=1S/C57H36N4O/c1-4-14-37(15-5-1)41-20-12-21-42(34-41)39-26-29-46(30-27-39)61-50-25-11-10-24-49(50)53-51(61)33-32-48-47-31-28-45(36-52(47)62-54(48)53)57-59-55(40-18-8-3-9-19-40)58-56(60-57)44-23-13-22-43(35-44)38-16-6-2-7-17-38/h1-36H. The summed E-state index contributed by atoms with van der Waals surface area (Å²) in [5.41, 5.74) is 14.6. The zero-order valence-corrected chi connectivity index (χ0v) is 33.5. The fraction of sp³-hybridized carbons (Fsp3) is 0. The topological polar surface area (TPSA) is 56.7 Å². The van der Waals surface area contributed by atoms with Crippen molar-refractivity contribution in [2.75, 3.05) is 0 Å². The van der Waals surface area contributed by atoms with Gasteiger partial charge in [0.2, 0.25) is 0 Å². The minimum absolute atomic E-state index is 0.582. The van der Waals surface area contributed by atoms with Gasteiger partial charge >= 0.3 is 0 Å². The summed E-state index contributed by atoms with van der Waals surface area (Å²) in [7, 11) is 0. The Hall–Kier alpha value is -8.41. The van der Waals surface area contributed by atoms with Gasteiger partial charge in [-0.05, 0) is 88.0 Å². The molecule has 0 aliphatic rings. The van der Waals surface area contributed by atoms with Crippen molar-refractivity contribution in [2.45, 2.75) is 0 Å². The first-order chi connectivity index (χ1) is 30.7. The number of fused-ring (bicyclic) bond motifs is 7. The summed E-state index contributed by atoms with van der Waals surface area (Å²) in [6.07, 6.45) is 0. The van der Waals surface area contributed by atoms with E-state index in [1.165, 1.54) is 22.3 Å². The molecule has 12 rings (SSSR count). The van der Waals surface area contributed by atoms with E-state index in [2.05, 4.69) is 187 Å². The summed E-state index contributed by atoms with van der Waals surface area (Å²) in [5, 5.41) is 4.33. The number of furan rings is 1. The van der Waals surface area contributed by atoms with Crippen LogP contribution in [-0.4, -0.2) is 19.5 Å². The smallest absolute Gasteiger partial charge is 0.164 e. The van der Waals surface area contributed by atoms with Gasteiger partial charge in [0.05, 0.1) is 16.4 Å². The molecule has 5 heteroatoms. The van der Waals surface area contributed by atoms with E-state index in [4.69, 9.17) is 19.4 Å². The molecule has 0 spiro atoms. The second kappa shape index (κ2) is 14.7. The fourth-order valence-electron chi connectivity index (χ4n) is 8.83. The van der Waals surface area contributed by atoms with Gasteiger partial charge in [-0.15, -0.1) is 0 Å². The van der Waals surface area contributed by atoms with Crippen LogP contribution in [0, 0.1) is 0 Å². The van der Waals surface area contributed by atoms with E-state index >= 15 is 0 Å². The Kier molecular flexibility index (Phi) is 8.42. The van der Waals surface area contributed by atoms with Crippen LogP contribution in [0.4, 0.5) is 0 Å². The summed E-state index contributed by atoms with van der Waals surface area (Å²) in [6, 6.07) is 76.3. The van der Waals surface area contributed by atoms with E-state index in [1.54, 1.807) is 0 Å². The molecule has 0 fully saturated rings. The van der Waals surface area contributed by atoms with Crippen molar-refractivity contribution >= 4 is 43.7 Å². The highest BCUT2D eigenvalue weighted by atomic mass is 16.3. The maximum Gasteiger partial charge on any atom is 0.164 e. The van der Waals surface area contributed by atoms with Gasteiger partial charge in [-0.3, -0.25) is 0 Å². The molecule has 0 unspecified atom stereocenters. The Morgan fingerprint density at radius 3 is 1.42 bits per heavy atom. The van der Waals surface area contributed by atoms with Crippen LogP contribution in [0.1, 0.15) is 0 Å². The maximum atomic E-state index is 6.92. The molecule has 62 heavy (non-hydrogen) atoms. The summed E-state index contributed by atoms with van der Waals surface area (Å²) >= 11 is 0. The monoisotopic (exact) mass is 792 g/mol. The molecule has 0 N–H and O–H groups in total. The minimum atomic E-state index is 0.582. The first-order valence-electron chi connectivity index (χ1n) is 20.8. The highest BCUT2D eigenvalue weighted by Gasteiger charge is 2.20. The zero-order valence-electron chi connectivity index (χ0n) is 33.5. The number of para-hydroxylation sites is 1. The van der Waals surface area contributed by atoms with Crippen molar-refractivity contribution in [1.82, 2.24) is 19.5 Å². The van der Waals surface area contributed by atoms with E-state index in [0.717, 1.165) is 77.2 Å². The Morgan fingerprint density at radius 2 is 0.774 bits per heavy atom. The van der Waals surface area contributed by atoms with Crippen molar-refractivity contribution in [2.24, 2.45) is 0 Å². The predicted molar refractivity (Wildman–Crippen MR) is 254 cm³/mol. The van der Waals surface area contributed by atoms with Gasteiger partial charge in [-0.1, -0.05) is 164 Å². The van der Waals surface area contributed by atoms with Crippen molar-refractivity contribution in [1.29, 1.82) is 0 Å². The van der Waals surface area contributed by atoms with Crippen molar-refractivity contribution < 1.29 is 4.42 Å². The minimum Gasteiger partial charge on any atom is -0.455 e. The van der Waals surface area contributed by atoms with Gasteiger partial charge in [0.1, 0.15) is 11.2 Å². The molecular weight excluding hydrogens is 757 g/mol. The fourth-order valence-corrected chi connectivity index (χ4v) is 8.83. The Bertz CT molecular complexity index is 3610. The van der Waals surface area contributed by atoms with E-state index in [-0.39, 0.29) is 0 Å². The zero-order chi connectivity index (χ0) is 41.0. The first kappa shape index (κ1) is 35.5. The van der Waals surface area contributed by atoms with Crippen LogP contribution in [-0.2, 0) is 0 Å². The highest BCUT2D eigenvalue weighted by Crippen LogP contribution is 2.42. The van der Waals surface area contributed by atoms with Crippen LogP contribution in [0.2, 0.25) is 0 Å². The van der Waals surface area contributed by atoms with Crippen LogP contribution >= 0.6 is 0 Å². The lowest BCUT2D eigenvalue weighted by molar-refractivity contribution is 0.673. The molecule has 0 radical (unpaired) electrons. The predicted octanol–water partition coefficient (Wildman–Crippen LogP) is 14.9. The normalized spacial score (nSPS) is 11.5. The quantitative estimate of drug-likeness (QED) is 0.161. The third kappa shape index (κ3) is 6.14. The average molecular weight is 793 g/mol. The molecule has 290 valence electrons.